The molecule has 1 aromatic heterocycles. The summed E-state index contributed by atoms with van der Waals surface area (Å²) in [7, 11) is 0. The van der Waals surface area contributed by atoms with Crippen LogP contribution < -0.4 is 0 Å². The molecule has 126 valence electrons. The van der Waals surface area contributed by atoms with Gasteiger partial charge in [0.05, 0.1) is 5.92 Å². The number of benzene rings is 1. The highest BCUT2D eigenvalue weighted by Crippen LogP contribution is 2.32. The third-order valence-electron chi connectivity index (χ3n) is 5.05. The average Bonchev–Trinajstić information content (AvgIpc) is 3.17. The molecule has 1 saturated carbocycles. The van der Waals surface area contributed by atoms with Gasteiger partial charge in [0, 0.05) is 30.1 Å². The van der Waals surface area contributed by atoms with E-state index in [0.717, 1.165) is 5.56 Å². The first-order chi connectivity index (χ1) is 11.7. The van der Waals surface area contributed by atoms with Gasteiger partial charge in [-0.2, -0.15) is 4.98 Å². The lowest BCUT2D eigenvalue weighted by Crippen LogP contribution is -2.48. The summed E-state index contributed by atoms with van der Waals surface area (Å²) in [4.78, 5) is 18.6. The number of carbonyl (C=O) groups excluding carboxylic acids is 1. The molecule has 1 aromatic carbocycles. The Balaban J connectivity index is 1.34. The van der Waals surface area contributed by atoms with E-state index in [4.69, 9.17) is 16.1 Å². The lowest BCUT2D eigenvalue weighted by molar-refractivity contribution is -0.137. The Labute approximate surface area is 146 Å². The first kappa shape index (κ1) is 15.6. The van der Waals surface area contributed by atoms with E-state index in [2.05, 4.69) is 10.1 Å². The van der Waals surface area contributed by atoms with Gasteiger partial charge < -0.3 is 9.42 Å². The van der Waals surface area contributed by atoms with Crippen molar-refractivity contribution >= 4 is 17.5 Å². The molecule has 1 aliphatic carbocycles. The number of nitrogens with zero attached hydrogens (tertiary/aromatic N) is 3. The summed E-state index contributed by atoms with van der Waals surface area (Å²) in [5, 5.41) is 4.68. The van der Waals surface area contributed by atoms with E-state index in [-0.39, 0.29) is 11.8 Å². The molecule has 0 radical (unpaired) electrons. The zero-order valence-electron chi connectivity index (χ0n) is 13.4. The maximum atomic E-state index is 12.3. The topological polar surface area (TPSA) is 59.2 Å². The molecule has 6 heteroatoms. The molecule has 2 aliphatic rings. The summed E-state index contributed by atoms with van der Waals surface area (Å²) >= 11 is 6.00. The molecule has 2 aromatic rings. The smallest absolute Gasteiger partial charge is 0.233 e. The largest absolute Gasteiger partial charge is 0.341 e. The Morgan fingerprint density at radius 2 is 2.08 bits per heavy atom. The van der Waals surface area contributed by atoms with Crippen molar-refractivity contribution in [1.29, 1.82) is 0 Å². The third kappa shape index (κ3) is 3.18. The Hall–Kier alpha value is -1.88. The Morgan fingerprint density at radius 1 is 1.29 bits per heavy atom. The van der Waals surface area contributed by atoms with Crippen molar-refractivity contribution in [2.24, 2.45) is 5.92 Å². The van der Waals surface area contributed by atoms with Gasteiger partial charge >= 0.3 is 0 Å². The molecule has 2 fully saturated rings. The maximum absolute atomic E-state index is 12.3. The molecule has 0 atom stereocenters. The summed E-state index contributed by atoms with van der Waals surface area (Å²) < 4.78 is 5.38. The minimum atomic E-state index is 0.151. The predicted molar refractivity (Wildman–Crippen MR) is 90.6 cm³/mol. The Bertz CT molecular complexity index is 733. The second kappa shape index (κ2) is 6.55. The number of halogens is 1. The Morgan fingerprint density at radius 3 is 2.83 bits per heavy atom. The van der Waals surface area contributed by atoms with Crippen LogP contribution in [0.25, 0.3) is 11.4 Å². The van der Waals surface area contributed by atoms with E-state index < -0.39 is 0 Å². The number of likely N-dealkylation sites (tertiary alicyclic amines) is 1. The van der Waals surface area contributed by atoms with E-state index in [0.29, 0.717) is 42.2 Å². The zero-order chi connectivity index (χ0) is 16.5. The van der Waals surface area contributed by atoms with E-state index in [1.54, 1.807) is 0 Å². The van der Waals surface area contributed by atoms with Crippen LogP contribution in [0.5, 0.6) is 0 Å². The minimum absolute atomic E-state index is 0.151. The van der Waals surface area contributed by atoms with Gasteiger partial charge in [0.15, 0.2) is 0 Å². The summed E-state index contributed by atoms with van der Waals surface area (Å²) in [6, 6.07) is 7.39. The van der Waals surface area contributed by atoms with Gasteiger partial charge in [-0.1, -0.05) is 41.7 Å². The van der Waals surface area contributed by atoms with Crippen molar-refractivity contribution in [3.63, 3.8) is 0 Å². The highest BCUT2D eigenvalue weighted by Gasteiger charge is 2.36. The fraction of sp³-hybridized carbons (Fsp3) is 0.500. The third-order valence-corrected chi connectivity index (χ3v) is 5.28. The molecule has 0 N–H and O–H groups in total. The number of hydrogen-bond donors (Lipinski definition) is 0. The molecule has 0 spiro atoms. The van der Waals surface area contributed by atoms with E-state index in [9.17, 15) is 4.79 Å². The van der Waals surface area contributed by atoms with Crippen molar-refractivity contribution in [3.05, 3.63) is 35.2 Å². The van der Waals surface area contributed by atoms with Gasteiger partial charge in [-0.3, -0.25) is 4.79 Å². The Kier molecular flexibility index (Phi) is 4.27. The lowest BCUT2D eigenvalue weighted by atomic mass is 9.97. The van der Waals surface area contributed by atoms with Gasteiger partial charge in [0.2, 0.25) is 17.6 Å². The standard InChI is InChI=1S/C18H20ClN3O2/c19-15-7-3-6-13(9-15)17-20-18(24-21-17)14-10-22(11-14)16(23)8-12-4-1-2-5-12/h3,6-7,9,12,14H,1-2,4-5,8,10-11H2. The number of carbonyl (C=O) groups is 1. The van der Waals surface area contributed by atoms with Crippen LogP contribution in [-0.4, -0.2) is 34.0 Å². The second-order valence-corrected chi connectivity index (χ2v) is 7.25. The molecule has 5 nitrogen and oxygen atoms in total. The molecule has 24 heavy (non-hydrogen) atoms. The SMILES string of the molecule is O=C(CC1CCCC1)N1CC(c2nc(-c3cccc(Cl)c3)no2)C1. The summed E-state index contributed by atoms with van der Waals surface area (Å²) in [5.74, 6) is 2.17. The minimum Gasteiger partial charge on any atom is -0.341 e. The van der Waals surface area contributed by atoms with Gasteiger partial charge in [0.25, 0.3) is 0 Å². The highest BCUT2D eigenvalue weighted by molar-refractivity contribution is 6.30. The average molecular weight is 346 g/mol. The van der Waals surface area contributed by atoms with Crippen LogP contribution in [0.1, 0.15) is 43.9 Å². The fourth-order valence-electron chi connectivity index (χ4n) is 3.57. The molecule has 0 bridgehead atoms. The number of amides is 1. The van der Waals surface area contributed by atoms with Gasteiger partial charge in [0.1, 0.15) is 0 Å². The van der Waals surface area contributed by atoms with E-state index in [1.807, 2.05) is 29.2 Å². The predicted octanol–water partition coefficient (Wildman–Crippen LogP) is 3.90. The van der Waals surface area contributed by atoms with E-state index >= 15 is 0 Å². The van der Waals surface area contributed by atoms with Crippen molar-refractivity contribution < 1.29 is 9.32 Å². The van der Waals surface area contributed by atoms with Gasteiger partial charge in [-0.25, -0.2) is 0 Å². The van der Waals surface area contributed by atoms with Gasteiger partial charge in [-0.15, -0.1) is 0 Å². The molecule has 4 rings (SSSR count). The first-order valence-corrected chi connectivity index (χ1v) is 8.94. The quantitative estimate of drug-likeness (QED) is 0.843. The normalized spacial score (nSPS) is 18.8. The van der Waals surface area contributed by atoms with Crippen LogP contribution in [0.4, 0.5) is 0 Å². The number of hydrogen-bond acceptors (Lipinski definition) is 4. The van der Waals surface area contributed by atoms with Crippen molar-refractivity contribution in [2.45, 2.75) is 38.0 Å². The molecular formula is C18H20ClN3O2. The van der Waals surface area contributed by atoms with Crippen LogP contribution in [0.2, 0.25) is 5.02 Å². The van der Waals surface area contributed by atoms with Gasteiger partial charge in [-0.05, 0) is 30.9 Å². The summed E-state index contributed by atoms with van der Waals surface area (Å²) in [6.07, 6.45) is 5.65. The second-order valence-electron chi connectivity index (χ2n) is 6.82. The number of aromatic nitrogens is 2. The van der Waals surface area contributed by atoms with Crippen molar-refractivity contribution in [1.82, 2.24) is 15.0 Å². The molecule has 1 saturated heterocycles. The molecule has 1 amide bonds. The zero-order valence-corrected chi connectivity index (χ0v) is 14.2. The fourth-order valence-corrected chi connectivity index (χ4v) is 3.77. The van der Waals surface area contributed by atoms with Crippen LogP contribution >= 0.6 is 11.6 Å². The van der Waals surface area contributed by atoms with Crippen molar-refractivity contribution in [2.75, 3.05) is 13.1 Å². The van der Waals surface area contributed by atoms with E-state index in [1.165, 1.54) is 25.7 Å². The van der Waals surface area contributed by atoms with Crippen LogP contribution in [0.15, 0.2) is 28.8 Å². The molecule has 1 aliphatic heterocycles. The lowest BCUT2D eigenvalue weighted by Gasteiger charge is -2.37. The molecule has 0 unspecified atom stereocenters. The van der Waals surface area contributed by atoms with Crippen LogP contribution in [-0.2, 0) is 4.79 Å². The monoisotopic (exact) mass is 345 g/mol. The number of rotatable bonds is 4. The highest BCUT2D eigenvalue weighted by atomic mass is 35.5. The van der Waals surface area contributed by atoms with Crippen molar-refractivity contribution in [3.8, 4) is 11.4 Å². The summed E-state index contributed by atoms with van der Waals surface area (Å²) in [6.45, 7) is 1.37. The van der Waals surface area contributed by atoms with Crippen LogP contribution in [0.3, 0.4) is 0 Å². The molecular weight excluding hydrogens is 326 g/mol. The summed E-state index contributed by atoms with van der Waals surface area (Å²) in [5.41, 5.74) is 0.839. The first-order valence-electron chi connectivity index (χ1n) is 8.56. The van der Waals surface area contributed by atoms with Crippen LogP contribution in [0, 0.1) is 5.92 Å². The molecule has 2 heterocycles. The maximum Gasteiger partial charge on any atom is 0.233 e.